The van der Waals surface area contributed by atoms with Gasteiger partial charge in [-0.2, -0.15) is 0 Å². The van der Waals surface area contributed by atoms with Gasteiger partial charge in [-0.3, -0.25) is 10.1 Å². The lowest BCUT2D eigenvalue weighted by Gasteiger charge is -2.44. The number of rotatable bonds is 5. The first-order chi connectivity index (χ1) is 20.6. The van der Waals surface area contributed by atoms with Gasteiger partial charge < -0.3 is 28.8 Å². The van der Waals surface area contributed by atoms with Crippen LogP contribution in [0, 0.1) is 0 Å². The lowest BCUT2D eigenvalue weighted by atomic mass is 9.79. The fourth-order valence-electron chi connectivity index (χ4n) is 7.53. The largest absolute Gasteiger partial charge is 0.493 e. The quantitative estimate of drug-likeness (QED) is 0.239. The Morgan fingerprint density at radius 1 is 1.00 bits per heavy atom. The highest BCUT2D eigenvalue weighted by Crippen LogP contribution is 2.57. The molecule has 0 saturated heterocycles. The van der Waals surface area contributed by atoms with Crippen molar-refractivity contribution in [3.63, 3.8) is 0 Å². The average molecular weight is 582 g/mol. The molecule has 0 saturated carbocycles. The number of hydrogen-bond donors (Lipinski definition) is 2. The fraction of sp³-hybridized carbons (Fsp3) is 0.353. The van der Waals surface area contributed by atoms with Gasteiger partial charge in [0.25, 0.3) is 5.91 Å². The van der Waals surface area contributed by atoms with E-state index in [1.54, 1.807) is 12.1 Å². The van der Waals surface area contributed by atoms with Crippen molar-refractivity contribution in [2.24, 2.45) is 0 Å². The Labute approximate surface area is 250 Å². The first kappa shape index (κ1) is 27.3. The van der Waals surface area contributed by atoms with Crippen LogP contribution in [0.4, 0.5) is 5.69 Å². The number of carbonyl (C=O) groups excluding carboxylic acids is 2. The molecule has 0 fully saturated rings. The highest BCUT2D eigenvalue weighted by atomic mass is 16.5. The first-order valence-electron chi connectivity index (χ1n) is 14.5. The van der Waals surface area contributed by atoms with Crippen LogP contribution in [0.3, 0.4) is 0 Å². The number of H-pyrrole nitrogens is 1. The summed E-state index contributed by atoms with van der Waals surface area (Å²) in [6.45, 7) is 7.05. The molecule has 3 aliphatic heterocycles. The maximum Gasteiger partial charge on any atom is 0.343 e. The van der Waals surface area contributed by atoms with E-state index in [0.717, 1.165) is 51.8 Å². The van der Waals surface area contributed by atoms with Crippen molar-refractivity contribution in [3.05, 3.63) is 76.5 Å². The standard InChI is InChI=1S/C34H35N3O6/c1-18-17-33(2,3)37-28-23(18)15-20(43-31(38)19-13-26(40-4)29(42-6)27(14-19)41-5)16-24(28)34(32(37)39)30-22(11-12-35-34)21-9-7-8-10-25(21)36-30/h7-10,13-16,18,35-36H,11-12,17H2,1-6H3. The Bertz CT molecular complexity index is 1800. The van der Waals surface area contributed by atoms with Crippen LogP contribution in [0.5, 0.6) is 23.0 Å². The number of hydrogen-bond acceptors (Lipinski definition) is 7. The number of carbonyl (C=O) groups is 2. The predicted molar refractivity (Wildman–Crippen MR) is 163 cm³/mol. The third kappa shape index (κ3) is 3.73. The smallest absolute Gasteiger partial charge is 0.343 e. The van der Waals surface area contributed by atoms with E-state index >= 15 is 0 Å². The number of anilines is 1. The van der Waals surface area contributed by atoms with Gasteiger partial charge >= 0.3 is 5.97 Å². The average Bonchev–Trinajstić information content (AvgIpc) is 3.50. The van der Waals surface area contributed by atoms with Gasteiger partial charge in [0.15, 0.2) is 17.0 Å². The van der Waals surface area contributed by atoms with Crippen LogP contribution in [0.1, 0.15) is 65.9 Å². The monoisotopic (exact) mass is 581 g/mol. The van der Waals surface area contributed by atoms with Crippen molar-refractivity contribution in [3.8, 4) is 23.0 Å². The number of ether oxygens (including phenoxy) is 4. The Kier molecular flexibility index (Phi) is 6.04. The van der Waals surface area contributed by atoms with Crippen LogP contribution < -0.4 is 29.2 Å². The number of nitrogens with one attached hydrogen (secondary N) is 2. The molecule has 43 heavy (non-hydrogen) atoms. The van der Waals surface area contributed by atoms with E-state index in [0.29, 0.717) is 29.5 Å². The lowest BCUT2D eigenvalue weighted by Crippen LogP contribution is -2.59. The molecule has 2 unspecified atom stereocenters. The van der Waals surface area contributed by atoms with Gasteiger partial charge in [0, 0.05) is 28.6 Å². The minimum Gasteiger partial charge on any atom is -0.493 e. The number of amides is 1. The van der Waals surface area contributed by atoms with Gasteiger partial charge in [0.1, 0.15) is 5.75 Å². The summed E-state index contributed by atoms with van der Waals surface area (Å²) >= 11 is 0. The van der Waals surface area contributed by atoms with Crippen LogP contribution in [0.2, 0.25) is 0 Å². The van der Waals surface area contributed by atoms with Gasteiger partial charge in [0.05, 0.1) is 38.3 Å². The predicted octanol–water partition coefficient (Wildman–Crippen LogP) is 5.43. The number of methoxy groups -OCH3 is 3. The summed E-state index contributed by atoms with van der Waals surface area (Å²) in [5, 5.41) is 4.76. The van der Waals surface area contributed by atoms with Crippen LogP contribution in [-0.4, -0.2) is 50.3 Å². The second-order valence-corrected chi connectivity index (χ2v) is 12.2. The van der Waals surface area contributed by atoms with Crippen molar-refractivity contribution < 1.29 is 28.5 Å². The molecule has 9 heteroatoms. The van der Waals surface area contributed by atoms with E-state index in [4.69, 9.17) is 18.9 Å². The molecular formula is C34H35N3O6. The van der Waals surface area contributed by atoms with Crippen molar-refractivity contribution in [1.82, 2.24) is 10.3 Å². The molecule has 1 spiro atoms. The van der Waals surface area contributed by atoms with Gasteiger partial charge in [0.2, 0.25) is 5.75 Å². The zero-order chi connectivity index (χ0) is 30.3. The Morgan fingerprint density at radius 2 is 1.72 bits per heavy atom. The normalized spacial score (nSPS) is 21.5. The van der Waals surface area contributed by atoms with E-state index < -0.39 is 17.0 Å². The van der Waals surface area contributed by atoms with Gasteiger partial charge in [-0.05, 0) is 74.1 Å². The number of fused-ring (bicyclic) bond motifs is 5. The first-order valence-corrected chi connectivity index (χ1v) is 14.5. The van der Waals surface area contributed by atoms with Crippen LogP contribution in [0.15, 0.2) is 48.5 Å². The summed E-state index contributed by atoms with van der Waals surface area (Å²) in [6, 6.07) is 15.1. The van der Waals surface area contributed by atoms with E-state index in [-0.39, 0.29) is 17.4 Å². The summed E-state index contributed by atoms with van der Waals surface area (Å²) in [6.07, 6.45) is 1.57. The van der Waals surface area contributed by atoms with E-state index in [1.165, 1.54) is 21.3 Å². The number of aromatic nitrogens is 1. The van der Waals surface area contributed by atoms with E-state index in [2.05, 4.69) is 37.1 Å². The molecule has 9 nitrogen and oxygen atoms in total. The molecule has 0 bridgehead atoms. The lowest BCUT2D eigenvalue weighted by molar-refractivity contribution is -0.124. The molecule has 4 aromatic rings. The van der Waals surface area contributed by atoms with Crippen molar-refractivity contribution in [2.45, 2.75) is 50.6 Å². The number of para-hydroxylation sites is 1. The SMILES string of the molecule is COc1cc(C(=O)Oc2cc3c4c(c2)C2(NCCc5c2[nH]c2ccccc52)C(=O)N4C(C)(C)CC3C)cc(OC)c1OC. The minimum absolute atomic E-state index is 0.0127. The fourth-order valence-corrected chi connectivity index (χ4v) is 7.53. The maximum absolute atomic E-state index is 14.8. The Balaban J connectivity index is 1.40. The molecule has 4 heterocycles. The van der Waals surface area contributed by atoms with Crippen molar-refractivity contribution >= 4 is 28.5 Å². The number of aromatic amines is 1. The summed E-state index contributed by atoms with van der Waals surface area (Å²) in [5.41, 5.74) is 4.40. The Hall–Kier alpha value is -4.50. The van der Waals surface area contributed by atoms with Gasteiger partial charge in [-0.1, -0.05) is 25.1 Å². The molecule has 3 aliphatic rings. The highest BCUT2D eigenvalue weighted by Gasteiger charge is 2.60. The van der Waals surface area contributed by atoms with Crippen LogP contribution in [-0.2, 0) is 16.8 Å². The minimum atomic E-state index is -1.13. The maximum atomic E-state index is 14.8. The van der Waals surface area contributed by atoms with Crippen molar-refractivity contribution in [2.75, 3.05) is 32.8 Å². The zero-order valence-electron chi connectivity index (χ0n) is 25.2. The summed E-state index contributed by atoms with van der Waals surface area (Å²) in [5.74, 6) is 1.01. The molecular weight excluding hydrogens is 546 g/mol. The molecule has 1 aromatic heterocycles. The molecule has 1 amide bonds. The second kappa shape index (κ2) is 9.50. The molecule has 0 radical (unpaired) electrons. The molecule has 222 valence electrons. The third-order valence-corrected chi connectivity index (χ3v) is 9.27. The van der Waals surface area contributed by atoms with Gasteiger partial charge in [-0.15, -0.1) is 0 Å². The van der Waals surface area contributed by atoms with Crippen LogP contribution in [0.25, 0.3) is 10.9 Å². The second-order valence-electron chi connectivity index (χ2n) is 12.2. The number of esters is 1. The Morgan fingerprint density at radius 3 is 2.42 bits per heavy atom. The van der Waals surface area contributed by atoms with E-state index in [1.807, 2.05) is 35.2 Å². The third-order valence-electron chi connectivity index (χ3n) is 9.27. The van der Waals surface area contributed by atoms with Gasteiger partial charge in [-0.25, -0.2) is 4.79 Å². The summed E-state index contributed by atoms with van der Waals surface area (Å²) in [4.78, 5) is 33.9. The molecule has 0 aliphatic carbocycles. The van der Waals surface area contributed by atoms with Crippen molar-refractivity contribution in [1.29, 1.82) is 0 Å². The number of benzene rings is 3. The number of nitrogens with zero attached hydrogens (tertiary/aromatic N) is 1. The van der Waals surface area contributed by atoms with Crippen LogP contribution >= 0.6 is 0 Å². The zero-order valence-corrected chi connectivity index (χ0v) is 25.2. The molecule has 2 atom stereocenters. The summed E-state index contributed by atoms with van der Waals surface area (Å²) in [7, 11) is 4.51. The van der Waals surface area contributed by atoms with E-state index in [9.17, 15) is 9.59 Å². The molecule has 2 N–H and O–H groups in total. The topological polar surface area (TPSA) is 102 Å². The highest BCUT2D eigenvalue weighted by molar-refractivity contribution is 6.13. The summed E-state index contributed by atoms with van der Waals surface area (Å²) < 4.78 is 22.4. The molecule has 3 aromatic carbocycles. The molecule has 7 rings (SSSR count).